The molecule has 1 rings (SSSR count). The summed E-state index contributed by atoms with van der Waals surface area (Å²) in [6.07, 6.45) is 0. The molecule has 10 nitrogen and oxygen atoms in total. The zero-order valence-corrected chi connectivity index (χ0v) is 11.0. The van der Waals surface area contributed by atoms with E-state index in [0.29, 0.717) is 0 Å². The van der Waals surface area contributed by atoms with Crippen LogP contribution in [0.5, 0.6) is 0 Å². The molecule has 1 aromatic rings. The van der Waals surface area contributed by atoms with E-state index in [0.717, 1.165) is 31.2 Å². The Labute approximate surface area is 113 Å². The predicted octanol–water partition coefficient (Wildman–Crippen LogP) is -0.322. The molecule has 0 aliphatic rings. The summed E-state index contributed by atoms with van der Waals surface area (Å²) in [5, 5.41) is 6.78. The summed E-state index contributed by atoms with van der Waals surface area (Å²) < 4.78 is 27.2. The van der Waals surface area contributed by atoms with E-state index in [2.05, 4.69) is 9.12 Å². The van der Waals surface area contributed by atoms with E-state index in [-0.39, 0.29) is 15.5 Å². The van der Waals surface area contributed by atoms with Crippen molar-refractivity contribution in [1.82, 2.24) is 5.48 Å². The van der Waals surface area contributed by atoms with Gasteiger partial charge in [0.15, 0.2) is 0 Å². The number of hydrogen-bond donors (Lipinski definition) is 3. The first-order chi connectivity index (χ1) is 9.22. The summed E-state index contributed by atoms with van der Waals surface area (Å²) in [7, 11) is -4.21. The molecule has 0 saturated heterocycles. The van der Waals surface area contributed by atoms with E-state index < -0.39 is 22.0 Å². The molecule has 0 heterocycles. The number of carbonyl (C=O) groups excluding carboxylic acids is 1. The molecule has 0 aromatic heterocycles. The molecule has 20 heavy (non-hydrogen) atoms. The van der Waals surface area contributed by atoms with Crippen molar-refractivity contribution in [3.05, 3.63) is 29.2 Å². The molecule has 108 valence electrons. The Hall–Kier alpha value is -2.69. The molecule has 11 heteroatoms. The number of rotatable bonds is 5. The number of nitrogens with two attached hydrogens (primary N) is 1. The Kier molecular flexibility index (Phi) is 4.59. The number of benzene rings is 1. The van der Waals surface area contributed by atoms with Gasteiger partial charge in [0.1, 0.15) is 4.90 Å². The normalized spacial score (nSPS) is 10.4. The van der Waals surface area contributed by atoms with Crippen LogP contribution >= 0.6 is 0 Å². The molecule has 0 fully saturated rings. The zero-order valence-electron chi connectivity index (χ0n) is 10.2. The Morgan fingerprint density at radius 2 is 1.90 bits per heavy atom. The smallest absolute Gasteiger partial charge is 0.341 e. The van der Waals surface area contributed by atoms with E-state index >= 15 is 0 Å². The quantitative estimate of drug-likeness (QED) is 0.289. The van der Waals surface area contributed by atoms with Crippen LogP contribution in [0.25, 0.3) is 0 Å². The number of nitrogens with zero attached hydrogens (tertiary/aromatic N) is 1. The Morgan fingerprint density at radius 1 is 1.35 bits per heavy atom. The van der Waals surface area contributed by atoms with Crippen LogP contribution in [0.3, 0.4) is 0 Å². The average molecular weight is 303 g/mol. The minimum absolute atomic E-state index is 0.0242. The van der Waals surface area contributed by atoms with Gasteiger partial charge in [0, 0.05) is 19.1 Å². The number of guanidine groups is 1. The van der Waals surface area contributed by atoms with Crippen molar-refractivity contribution in [2.45, 2.75) is 11.8 Å². The van der Waals surface area contributed by atoms with Crippen LogP contribution in [0, 0.1) is 10.3 Å². The van der Waals surface area contributed by atoms with Crippen LogP contribution in [0.2, 0.25) is 0 Å². The average Bonchev–Trinajstić information content (AvgIpc) is 2.34. The van der Waals surface area contributed by atoms with Crippen LogP contribution in [0.15, 0.2) is 29.2 Å². The van der Waals surface area contributed by atoms with E-state index in [4.69, 9.17) is 11.1 Å². The van der Waals surface area contributed by atoms with Crippen LogP contribution in [0.4, 0.5) is 5.69 Å². The molecule has 1 aromatic carbocycles. The maximum absolute atomic E-state index is 11.5. The number of hydrogen-bond acceptors (Lipinski definition) is 7. The molecule has 0 spiro atoms. The van der Waals surface area contributed by atoms with Gasteiger partial charge in [-0.25, -0.2) is 0 Å². The van der Waals surface area contributed by atoms with Crippen molar-refractivity contribution in [3.8, 4) is 0 Å². The summed E-state index contributed by atoms with van der Waals surface area (Å²) in [6.45, 7) is 0.951. The van der Waals surface area contributed by atoms with Crippen molar-refractivity contribution in [1.29, 1.82) is 5.41 Å². The standard InChI is InChI=1S/C9H11N4O6S/c1-6(14)18-20(16,17)8-4-2-7(3-5-8)13(15)19-12-9(10)11/h2-5H,1H3,(H4,10,11,12)/q+1. The summed E-state index contributed by atoms with van der Waals surface area (Å²) in [4.78, 5) is 26.0. The highest BCUT2D eigenvalue weighted by Gasteiger charge is 2.22. The number of carbonyl (C=O) groups is 1. The summed E-state index contributed by atoms with van der Waals surface area (Å²) in [5.41, 5.74) is 6.63. The molecule has 0 amide bonds. The first kappa shape index (κ1) is 15.4. The molecule has 4 N–H and O–H groups in total. The topological polar surface area (TPSA) is 152 Å². The lowest BCUT2D eigenvalue weighted by Gasteiger charge is -2.02. The monoisotopic (exact) mass is 303 g/mol. The molecule has 0 radical (unpaired) electrons. The van der Waals surface area contributed by atoms with Crippen LogP contribution < -0.4 is 11.2 Å². The van der Waals surface area contributed by atoms with Crippen LogP contribution in [-0.4, -0.2) is 25.3 Å². The Morgan fingerprint density at radius 3 is 2.35 bits per heavy atom. The molecular weight excluding hydrogens is 292 g/mol. The minimum Gasteiger partial charge on any atom is -0.368 e. The fourth-order valence-corrected chi connectivity index (χ4v) is 1.96. The van der Waals surface area contributed by atoms with Gasteiger partial charge in [0.05, 0.1) is 4.91 Å². The van der Waals surface area contributed by atoms with Gasteiger partial charge >= 0.3 is 21.8 Å². The molecular formula is C9H11N4O6S+. The Bertz CT molecular complexity index is 639. The number of hydroxylamine groups is 1. The zero-order chi connectivity index (χ0) is 15.3. The largest absolute Gasteiger partial charge is 0.368 e. The highest BCUT2D eigenvalue weighted by atomic mass is 32.2. The SMILES string of the molecule is CC(=O)OS(=O)(=O)c1ccc([N+](=O)ONC(=N)N)cc1. The van der Waals surface area contributed by atoms with Crippen molar-refractivity contribution in [2.75, 3.05) is 0 Å². The molecule has 0 atom stereocenters. The molecule has 0 bridgehead atoms. The van der Waals surface area contributed by atoms with Crippen molar-refractivity contribution in [2.24, 2.45) is 5.73 Å². The summed E-state index contributed by atoms with van der Waals surface area (Å²) in [6, 6.07) is 4.33. The summed E-state index contributed by atoms with van der Waals surface area (Å²) in [5.74, 6) is -1.56. The van der Waals surface area contributed by atoms with E-state index in [1.165, 1.54) is 0 Å². The van der Waals surface area contributed by atoms with Crippen LogP contribution in [0.1, 0.15) is 6.92 Å². The molecule has 0 unspecified atom stereocenters. The third-order valence-corrected chi connectivity index (χ3v) is 3.11. The van der Waals surface area contributed by atoms with Gasteiger partial charge in [-0.1, -0.05) is 4.94 Å². The van der Waals surface area contributed by atoms with Crippen molar-refractivity contribution >= 4 is 27.7 Å². The minimum atomic E-state index is -4.21. The van der Waals surface area contributed by atoms with E-state index in [1.54, 1.807) is 5.48 Å². The Balaban J connectivity index is 2.86. The molecule has 0 aliphatic carbocycles. The number of nitrogens with one attached hydrogen (secondary N) is 2. The van der Waals surface area contributed by atoms with E-state index in [9.17, 15) is 18.1 Å². The highest BCUT2D eigenvalue weighted by molar-refractivity contribution is 7.87. The second-order valence-corrected chi connectivity index (χ2v) is 4.93. The van der Waals surface area contributed by atoms with E-state index in [1.807, 2.05) is 0 Å². The van der Waals surface area contributed by atoms with Crippen LogP contribution in [-0.2, 0) is 24.0 Å². The van der Waals surface area contributed by atoms with Gasteiger partial charge in [-0.05, 0) is 12.1 Å². The van der Waals surface area contributed by atoms with Crippen molar-refractivity contribution in [3.63, 3.8) is 0 Å². The maximum Gasteiger partial charge on any atom is 0.341 e. The second-order valence-electron chi connectivity index (χ2n) is 3.39. The highest BCUT2D eigenvalue weighted by Crippen LogP contribution is 2.18. The van der Waals surface area contributed by atoms with Crippen molar-refractivity contribution < 1.29 is 27.3 Å². The fraction of sp³-hybridized carbons (Fsp3) is 0.111. The first-order valence-corrected chi connectivity index (χ1v) is 6.42. The molecule has 0 saturated carbocycles. The van der Waals surface area contributed by atoms with Gasteiger partial charge in [0.2, 0.25) is 5.96 Å². The summed E-state index contributed by atoms with van der Waals surface area (Å²) >= 11 is 0. The third-order valence-electron chi connectivity index (χ3n) is 1.80. The van der Waals surface area contributed by atoms with Gasteiger partial charge < -0.3 is 9.92 Å². The lowest BCUT2D eigenvalue weighted by atomic mass is 10.3. The lowest BCUT2D eigenvalue weighted by molar-refractivity contribution is -0.759. The van der Waals surface area contributed by atoms with Gasteiger partial charge in [-0.2, -0.15) is 8.42 Å². The van der Waals surface area contributed by atoms with Gasteiger partial charge in [-0.15, -0.1) is 5.48 Å². The van der Waals surface area contributed by atoms with Gasteiger partial charge in [0.25, 0.3) is 4.92 Å². The van der Waals surface area contributed by atoms with Gasteiger partial charge in [-0.3, -0.25) is 10.2 Å². The fourth-order valence-electron chi connectivity index (χ4n) is 1.08. The maximum atomic E-state index is 11.5. The third kappa shape index (κ3) is 4.20. The second kappa shape index (κ2) is 5.97. The lowest BCUT2D eigenvalue weighted by Crippen LogP contribution is -2.32. The molecule has 0 aliphatic heterocycles. The first-order valence-electron chi connectivity index (χ1n) is 5.02. The predicted molar refractivity (Wildman–Crippen MR) is 64.8 cm³/mol.